The van der Waals surface area contributed by atoms with Gasteiger partial charge in [0.2, 0.25) is 11.8 Å². The van der Waals surface area contributed by atoms with Gasteiger partial charge in [-0.25, -0.2) is 8.42 Å². The summed E-state index contributed by atoms with van der Waals surface area (Å²) in [7, 11) is -2.66. The minimum Gasteiger partial charge on any atom is -0.357 e. The first kappa shape index (κ1) is 28.7. The number of likely N-dealkylation sites (N-methyl/N-ethyl adjacent to an activating group) is 1. The summed E-state index contributed by atoms with van der Waals surface area (Å²) < 4.78 is 29.6. The maximum Gasteiger partial charge on any atom is 0.264 e. The summed E-state index contributed by atoms with van der Waals surface area (Å²) in [6.45, 7) is 4.81. The third-order valence-corrected chi connectivity index (χ3v) is 8.49. The lowest BCUT2D eigenvalue weighted by Gasteiger charge is -2.32. The number of carbonyl (C=O) groups is 2. The van der Waals surface area contributed by atoms with Crippen molar-refractivity contribution < 1.29 is 18.0 Å². The van der Waals surface area contributed by atoms with E-state index in [9.17, 15) is 18.0 Å². The van der Waals surface area contributed by atoms with E-state index >= 15 is 0 Å². The highest BCUT2D eigenvalue weighted by Gasteiger charge is 2.33. The predicted molar refractivity (Wildman–Crippen MR) is 150 cm³/mol. The number of nitrogens with zero attached hydrogens (tertiary/aromatic N) is 2. The molecular weight excluding hydrogens is 578 g/mol. The summed E-state index contributed by atoms with van der Waals surface area (Å²) in [5.41, 5.74) is 2.60. The molecule has 1 N–H and O–H groups in total. The third kappa shape index (κ3) is 6.91. The van der Waals surface area contributed by atoms with Crippen molar-refractivity contribution in [3.8, 4) is 0 Å². The van der Waals surface area contributed by atoms with Crippen LogP contribution in [0.4, 0.5) is 5.69 Å². The van der Waals surface area contributed by atoms with Crippen LogP contribution in [0.1, 0.15) is 23.6 Å². The summed E-state index contributed by atoms with van der Waals surface area (Å²) in [5.74, 6) is -0.902. The van der Waals surface area contributed by atoms with Crippen molar-refractivity contribution in [2.45, 2.75) is 38.3 Å². The SMILES string of the molecule is CNC(=O)[C@@H](C)N(Cc1cccc(Br)c1)C(=O)CN(c1cc(Cl)ccc1C)S(=O)(=O)c1ccc(C)cc1. The van der Waals surface area contributed by atoms with E-state index in [1.54, 1.807) is 38.1 Å². The molecule has 196 valence electrons. The maximum absolute atomic E-state index is 13.9. The van der Waals surface area contributed by atoms with Crippen LogP contribution < -0.4 is 9.62 Å². The third-order valence-electron chi connectivity index (χ3n) is 5.98. The second-order valence-electron chi connectivity index (χ2n) is 8.70. The van der Waals surface area contributed by atoms with Crippen molar-refractivity contribution in [2.24, 2.45) is 0 Å². The van der Waals surface area contributed by atoms with Gasteiger partial charge in [-0.3, -0.25) is 13.9 Å². The number of halogens is 2. The summed E-state index contributed by atoms with van der Waals surface area (Å²) in [6.07, 6.45) is 0. The molecule has 0 aliphatic carbocycles. The Morgan fingerprint density at radius 2 is 1.70 bits per heavy atom. The number of nitrogens with one attached hydrogen (secondary N) is 1. The Labute approximate surface area is 231 Å². The lowest BCUT2D eigenvalue weighted by molar-refractivity contribution is -0.139. The van der Waals surface area contributed by atoms with Gasteiger partial charge in [-0.05, 0) is 68.3 Å². The van der Waals surface area contributed by atoms with E-state index in [1.807, 2.05) is 31.2 Å². The van der Waals surface area contributed by atoms with Crippen LogP contribution in [-0.4, -0.2) is 44.8 Å². The molecule has 0 unspecified atom stereocenters. The maximum atomic E-state index is 13.9. The van der Waals surface area contributed by atoms with E-state index in [2.05, 4.69) is 21.2 Å². The van der Waals surface area contributed by atoms with Crippen LogP contribution in [0.2, 0.25) is 5.02 Å². The Bertz CT molecular complexity index is 1400. The second kappa shape index (κ2) is 12.1. The van der Waals surface area contributed by atoms with Crippen LogP contribution in [0.25, 0.3) is 0 Å². The molecule has 0 aromatic heterocycles. The Kier molecular flexibility index (Phi) is 9.39. The Morgan fingerprint density at radius 1 is 1.03 bits per heavy atom. The van der Waals surface area contributed by atoms with Crippen molar-refractivity contribution >= 4 is 55.1 Å². The van der Waals surface area contributed by atoms with E-state index in [0.29, 0.717) is 10.6 Å². The lowest BCUT2D eigenvalue weighted by Crippen LogP contribution is -2.50. The number of amides is 2. The van der Waals surface area contributed by atoms with Crippen LogP contribution in [0.3, 0.4) is 0 Å². The molecule has 0 aliphatic heterocycles. The van der Waals surface area contributed by atoms with Gasteiger partial charge < -0.3 is 10.2 Å². The molecule has 3 aromatic carbocycles. The van der Waals surface area contributed by atoms with Crippen molar-refractivity contribution in [1.82, 2.24) is 10.2 Å². The molecule has 3 aromatic rings. The number of sulfonamides is 1. The molecule has 0 radical (unpaired) electrons. The fourth-order valence-corrected chi connectivity index (χ4v) is 5.91. The first-order valence-electron chi connectivity index (χ1n) is 11.5. The van der Waals surface area contributed by atoms with Gasteiger partial charge in [0.25, 0.3) is 10.0 Å². The molecule has 37 heavy (non-hydrogen) atoms. The van der Waals surface area contributed by atoms with Crippen LogP contribution in [0.5, 0.6) is 0 Å². The van der Waals surface area contributed by atoms with Crippen molar-refractivity contribution in [3.63, 3.8) is 0 Å². The van der Waals surface area contributed by atoms with E-state index < -0.39 is 28.5 Å². The molecular formula is C27H29BrClN3O4S. The molecule has 1 atom stereocenters. The molecule has 0 heterocycles. The van der Waals surface area contributed by atoms with Gasteiger partial charge in [0.1, 0.15) is 12.6 Å². The Balaban J connectivity index is 2.08. The number of benzene rings is 3. The summed E-state index contributed by atoms with van der Waals surface area (Å²) in [6, 6.07) is 17.8. The normalized spacial score (nSPS) is 12.1. The summed E-state index contributed by atoms with van der Waals surface area (Å²) in [4.78, 5) is 27.8. The van der Waals surface area contributed by atoms with Crippen LogP contribution in [-0.2, 0) is 26.2 Å². The summed E-state index contributed by atoms with van der Waals surface area (Å²) >= 11 is 9.66. The van der Waals surface area contributed by atoms with Gasteiger partial charge in [0, 0.05) is 23.1 Å². The zero-order chi connectivity index (χ0) is 27.3. The smallest absolute Gasteiger partial charge is 0.264 e. The van der Waals surface area contributed by atoms with Crippen molar-refractivity contribution in [3.05, 3.63) is 92.9 Å². The standard InChI is InChI=1S/C27H29BrClN3O4S/c1-18-8-12-24(13-9-18)37(35,36)32(25-15-23(29)11-10-19(25)2)17-26(33)31(20(3)27(34)30-4)16-21-6-5-7-22(28)14-21/h5-15,20H,16-17H2,1-4H3,(H,30,34)/t20-/m1/s1. The lowest BCUT2D eigenvalue weighted by atomic mass is 10.1. The molecule has 0 aliphatic rings. The summed E-state index contributed by atoms with van der Waals surface area (Å²) in [5, 5.41) is 2.90. The van der Waals surface area contributed by atoms with E-state index in [0.717, 1.165) is 19.9 Å². The first-order valence-corrected chi connectivity index (χ1v) is 14.2. The number of anilines is 1. The second-order valence-corrected chi connectivity index (χ2v) is 11.9. The molecule has 0 bridgehead atoms. The number of carbonyl (C=O) groups excluding carboxylic acids is 2. The number of hydrogen-bond acceptors (Lipinski definition) is 4. The minimum atomic E-state index is -4.15. The number of rotatable bonds is 9. The van der Waals surface area contributed by atoms with Crippen LogP contribution in [0, 0.1) is 13.8 Å². The Hall–Kier alpha value is -2.88. The van der Waals surface area contributed by atoms with Crippen molar-refractivity contribution in [1.29, 1.82) is 0 Å². The highest BCUT2D eigenvalue weighted by molar-refractivity contribution is 9.10. The molecule has 0 saturated heterocycles. The quantitative estimate of drug-likeness (QED) is 0.368. The van der Waals surface area contributed by atoms with Crippen molar-refractivity contribution in [2.75, 3.05) is 17.9 Å². The van der Waals surface area contributed by atoms with E-state index in [4.69, 9.17) is 11.6 Å². The largest absolute Gasteiger partial charge is 0.357 e. The minimum absolute atomic E-state index is 0.0446. The van der Waals surface area contributed by atoms with Crippen LogP contribution in [0.15, 0.2) is 76.1 Å². The molecule has 10 heteroatoms. The van der Waals surface area contributed by atoms with Crippen LogP contribution >= 0.6 is 27.5 Å². The van der Waals surface area contributed by atoms with Gasteiger partial charge in [-0.1, -0.05) is 63.4 Å². The monoisotopic (exact) mass is 605 g/mol. The molecule has 0 spiro atoms. The fraction of sp³-hybridized carbons (Fsp3) is 0.259. The molecule has 3 rings (SSSR count). The van der Waals surface area contributed by atoms with Gasteiger partial charge in [0.05, 0.1) is 10.6 Å². The van der Waals surface area contributed by atoms with Gasteiger partial charge in [-0.2, -0.15) is 0 Å². The number of hydrogen-bond donors (Lipinski definition) is 1. The average Bonchev–Trinajstić information content (AvgIpc) is 2.86. The topological polar surface area (TPSA) is 86.8 Å². The molecule has 0 saturated carbocycles. The van der Waals surface area contributed by atoms with Gasteiger partial charge in [-0.15, -0.1) is 0 Å². The first-order chi connectivity index (χ1) is 17.4. The highest BCUT2D eigenvalue weighted by Crippen LogP contribution is 2.30. The zero-order valence-corrected chi connectivity index (χ0v) is 24.2. The average molecular weight is 607 g/mol. The predicted octanol–water partition coefficient (Wildman–Crippen LogP) is 5.08. The van der Waals surface area contributed by atoms with Gasteiger partial charge >= 0.3 is 0 Å². The molecule has 2 amide bonds. The number of aryl methyl sites for hydroxylation is 2. The Morgan fingerprint density at radius 3 is 2.32 bits per heavy atom. The highest BCUT2D eigenvalue weighted by atomic mass is 79.9. The van der Waals surface area contributed by atoms with E-state index in [-0.39, 0.29) is 23.0 Å². The fourth-order valence-electron chi connectivity index (χ4n) is 3.83. The molecule has 7 nitrogen and oxygen atoms in total. The zero-order valence-electron chi connectivity index (χ0n) is 21.0. The van der Waals surface area contributed by atoms with Gasteiger partial charge in [0.15, 0.2) is 0 Å². The molecule has 0 fully saturated rings. The van der Waals surface area contributed by atoms with E-state index in [1.165, 1.54) is 30.1 Å².